The molecule has 5 nitrogen and oxygen atoms in total. The first-order chi connectivity index (χ1) is 9.31. The lowest BCUT2D eigenvalue weighted by Gasteiger charge is -2.23. The van der Waals surface area contributed by atoms with Crippen LogP contribution in [0.2, 0.25) is 0 Å². The molecule has 1 heterocycles. The largest absolute Gasteiger partial charge is 0.356 e. The molecule has 1 saturated carbocycles. The van der Waals surface area contributed by atoms with Crippen LogP contribution in [0.4, 0.5) is 11.8 Å². The van der Waals surface area contributed by atoms with Gasteiger partial charge < -0.3 is 4.90 Å². The Labute approximate surface area is 112 Å². The van der Waals surface area contributed by atoms with E-state index in [9.17, 15) is 0 Å². The van der Waals surface area contributed by atoms with Crippen LogP contribution in [0.3, 0.4) is 0 Å². The number of nitrogens with one attached hydrogen (secondary N) is 1. The van der Waals surface area contributed by atoms with E-state index in [1.165, 1.54) is 12.8 Å². The third kappa shape index (κ3) is 2.46. The van der Waals surface area contributed by atoms with Crippen molar-refractivity contribution in [1.29, 1.82) is 0 Å². The average molecular weight is 257 g/mol. The highest BCUT2D eigenvalue weighted by molar-refractivity contribution is 5.90. The molecule has 0 atom stereocenters. The molecule has 1 fully saturated rings. The fourth-order valence-electron chi connectivity index (χ4n) is 2.34. The minimum Gasteiger partial charge on any atom is -0.356 e. The summed E-state index contributed by atoms with van der Waals surface area (Å²) in [5.41, 5.74) is 3.48. The van der Waals surface area contributed by atoms with Crippen molar-refractivity contribution < 1.29 is 0 Å². The summed E-state index contributed by atoms with van der Waals surface area (Å²) in [4.78, 5) is 11.3. The highest BCUT2D eigenvalue weighted by Gasteiger charge is 2.25. The van der Waals surface area contributed by atoms with Crippen molar-refractivity contribution in [3.63, 3.8) is 0 Å². The van der Waals surface area contributed by atoms with Gasteiger partial charge in [-0.3, -0.25) is 5.43 Å². The van der Waals surface area contributed by atoms with Gasteiger partial charge in [0.15, 0.2) is 0 Å². The van der Waals surface area contributed by atoms with Gasteiger partial charge >= 0.3 is 0 Å². The van der Waals surface area contributed by atoms with Crippen LogP contribution >= 0.6 is 0 Å². The summed E-state index contributed by atoms with van der Waals surface area (Å²) in [5.74, 6) is 7.75. The van der Waals surface area contributed by atoms with Gasteiger partial charge in [0.2, 0.25) is 5.95 Å². The highest BCUT2D eigenvalue weighted by Crippen LogP contribution is 2.33. The second-order valence-electron chi connectivity index (χ2n) is 5.01. The normalized spacial score (nSPS) is 14.6. The zero-order chi connectivity index (χ0) is 13.2. The summed E-state index contributed by atoms with van der Waals surface area (Å²) in [5, 5.41) is 1.09. The first-order valence-electron chi connectivity index (χ1n) is 6.80. The van der Waals surface area contributed by atoms with E-state index in [-0.39, 0.29) is 0 Å². The molecular weight excluding hydrogens is 238 g/mol. The molecule has 1 aromatic carbocycles. The van der Waals surface area contributed by atoms with Gasteiger partial charge in [-0.15, -0.1) is 0 Å². The van der Waals surface area contributed by atoms with Gasteiger partial charge in [-0.2, -0.15) is 4.98 Å². The van der Waals surface area contributed by atoms with Crippen LogP contribution < -0.4 is 16.2 Å². The Morgan fingerprint density at radius 2 is 2.11 bits per heavy atom. The molecule has 0 radical (unpaired) electrons. The molecule has 2 aromatic rings. The number of rotatable bonds is 5. The monoisotopic (exact) mass is 257 g/mol. The molecule has 0 amide bonds. The number of para-hydroxylation sites is 1. The number of nitrogens with two attached hydrogens (primary N) is 1. The summed E-state index contributed by atoms with van der Waals surface area (Å²) in [6.45, 7) is 4.18. The van der Waals surface area contributed by atoms with Crippen LogP contribution in [-0.4, -0.2) is 23.1 Å². The molecule has 0 saturated heterocycles. The smallest absolute Gasteiger partial charge is 0.239 e. The Balaban J connectivity index is 2.07. The maximum Gasteiger partial charge on any atom is 0.239 e. The van der Waals surface area contributed by atoms with Crippen LogP contribution in [0.1, 0.15) is 19.8 Å². The Morgan fingerprint density at radius 1 is 1.32 bits per heavy atom. The van der Waals surface area contributed by atoms with Crippen molar-refractivity contribution in [2.75, 3.05) is 23.4 Å². The summed E-state index contributed by atoms with van der Waals surface area (Å²) in [6, 6.07) is 8.07. The van der Waals surface area contributed by atoms with Crippen molar-refractivity contribution in [3.05, 3.63) is 24.3 Å². The van der Waals surface area contributed by atoms with E-state index in [4.69, 9.17) is 5.84 Å². The second-order valence-corrected chi connectivity index (χ2v) is 5.01. The average Bonchev–Trinajstić information content (AvgIpc) is 3.27. The van der Waals surface area contributed by atoms with E-state index in [0.29, 0.717) is 5.95 Å². The van der Waals surface area contributed by atoms with Gasteiger partial charge in [-0.1, -0.05) is 12.1 Å². The van der Waals surface area contributed by atoms with Crippen LogP contribution in [0.15, 0.2) is 24.3 Å². The van der Waals surface area contributed by atoms with E-state index >= 15 is 0 Å². The molecule has 1 aromatic heterocycles. The summed E-state index contributed by atoms with van der Waals surface area (Å²) in [7, 11) is 0. The van der Waals surface area contributed by atoms with Crippen LogP contribution in [0, 0.1) is 5.92 Å². The fourth-order valence-corrected chi connectivity index (χ4v) is 2.34. The standard InChI is InChI=1S/C14H19N5/c1-2-19(9-10-7-8-10)13-11-5-3-4-6-12(11)16-14(17-13)18-15/h3-6,10H,2,7-9,15H2,1H3,(H,16,17,18). The molecule has 0 spiro atoms. The van der Waals surface area contributed by atoms with Gasteiger partial charge in [0.05, 0.1) is 5.52 Å². The van der Waals surface area contributed by atoms with Gasteiger partial charge in [-0.25, -0.2) is 10.8 Å². The zero-order valence-electron chi connectivity index (χ0n) is 11.1. The van der Waals surface area contributed by atoms with Crippen molar-refractivity contribution >= 4 is 22.7 Å². The lowest BCUT2D eigenvalue weighted by Crippen LogP contribution is -2.27. The van der Waals surface area contributed by atoms with Gasteiger partial charge in [0.25, 0.3) is 0 Å². The number of fused-ring (bicyclic) bond motifs is 1. The number of nitrogen functional groups attached to an aromatic ring is 1. The summed E-state index contributed by atoms with van der Waals surface area (Å²) in [6.07, 6.45) is 2.67. The van der Waals surface area contributed by atoms with Crippen LogP contribution in [0.25, 0.3) is 10.9 Å². The number of hydrogen-bond acceptors (Lipinski definition) is 5. The summed E-state index contributed by atoms with van der Waals surface area (Å²) >= 11 is 0. The first-order valence-corrected chi connectivity index (χ1v) is 6.80. The number of benzene rings is 1. The molecule has 1 aliphatic rings. The number of nitrogens with zero attached hydrogens (tertiary/aromatic N) is 3. The van der Waals surface area contributed by atoms with Crippen molar-refractivity contribution in [2.24, 2.45) is 11.8 Å². The topological polar surface area (TPSA) is 67.1 Å². The molecule has 0 unspecified atom stereocenters. The number of aromatic nitrogens is 2. The molecule has 3 rings (SSSR count). The Hall–Kier alpha value is -1.88. The van der Waals surface area contributed by atoms with Crippen LogP contribution in [-0.2, 0) is 0 Å². The lowest BCUT2D eigenvalue weighted by molar-refractivity contribution is 0.734. The molecule has 0 aliphatic heterocycles. The van der Waals surface area contributed by atoms with Crippen LogP contribution in [0.5, 0.6) is 0 Å². The Bertz CT molecular complexity index is 579. The lowest BCUT2D eigenvalue weighted by atomic mass is 10.2. The van der Waals surface area contributed by atoms with E-state index in [0.717, 1.165) is 35.7 Å². The van der Waals surface area contributed by atoms with Crippen molar-refractivity contribution in [3.8, 4) is 0 Å². The highest BCUT2D eigenvalue weighted by atomic mass is 15.3. The molecule has 3 N–H and O–H groups in total. The SMILES string of the molecule is CCN(CC1CC1)c1nc(NN)nc2ccccc12. The third-order valence-corrected chi connectivity index (χ3v) is 3.57. The minimum atomic E-state index is 0.475. The summed E-state index contributed by atoms with van der Waals surface area (Å²) < 4.78 is 0. The molecule has 0 bridgehead atoms. The zero-order valence-corrected chi connectivity index (χ0v) is 11.1. The first kappa shape index (κ1) is 12.2. The van der Waals surface area contributed by atoms with Crippen molar-refractivity contribution in [1.82, 2.24) is 9.97 Å². The molecule has 1 aliphatic carbocycles. The molecule has 100 valence electrons. The van der Waals surface area contributed by atoms with Crippen molar-refractivity contribution in [2.45, 2.75) is 19.8 Å². The van der Waals surface area contributed by atoms with E-state index in [2.05, 4.69) is 33.3 Å². The minimum absolute atomic E-state index is 0.475. The molecule has 5 heteroatoms. The number of hydrazine groups is 1. The predicted octanol–water partition coefficient (Wildman–Crippen LogP) is 2.15. The maximum atomic E-state index is 5.47. The van der Waals surface area contributed by atoms with Gasteiger partial charge in [0, 0.05) is 18.5 Å². The quantitative estimate of drug-likeness (QED) is 0.634. The molecule has 19 heavy (non-hydrogen) atoms. The fraction of sp³-hybridized carbons (Fsp3) is 0.429. The Kier molecular flexibility index (Phi) is 3.21. The van der Waals surface area contributed by atoms with E-state index in [1.54, 1.807) is 0 Å². The van der Waals surface area contributed by atoms with E-state index < -0.39 is 0 Å². The Morgan fingerprint density at radius 3 is 2.79 bits per heavy atom. The number of hydrogen-bond donors (Lipinski definition) is 2. The van der Waals surface area contributed by atoms with Gasteiger partial charge in [-0.05, 0) is 37.8 Å². The second kappa shape index (κ2) is 5.01. The molecular formula is C14H19N5. The predicted molar refractivity (Wildman–Crippen MR) is 78.0 cm³/mol. The maximum absolute atomic E-state index is 5.47. The number of anilines is 2. The van der Waals surface area contributed by atoms with E-state index in [1.807, 2.05) is 18.2 Å². The van der Waals surface area contributed by atoms with Gasteiger partial charge in [0.1, 0.15) is 5.82 Å². The third-order valence-electron chi connectivity index (χ3n) is 3.57.